The fourth-order valence-corrected chi connectivity index (χ4v) is 5.03. The van der Waals surface area contributed by atoms with E-state index in [4.69, 9.17) is 20.9 Å². The predicted molar refractivity (Wildman–Crippen MR) is 141 cm³/mol. The molecule has 190 valence electrons. The Balaban J connectivity index is 1.41. The molecule has 0 unspecified atom stereocenters. The largest absolute Gasteiger partial charge is 0.496 e. The molecule has 0 saturated carbocycles. The van der Waals surface area contributed by atoms with Gasteiger partial charge in [-0.25, -0.2) is 4.84 Å². The summed E-state index contributed by atoms with van der Waals surface area (Å²) in [5.74, 6) is 0.928. The van der Waals surface area contributed by atoms with Crippen LogP contribution in [0.15, 0.2) is 59.1 Å². The molecule has 1 aliphatic heterocycles. The van der Waals surface area contributed by atoms with Gasteiger partial charge in [-0.05, 0) is 29.8 Å². The normalized spacial score (nSPS) is 13.6. The number of fused-ring (bicyclic) bond motifs is 1. The molecule has 1 fully saturated rings. The zero-order chi connectivity index (χ0) is 26.1. The number of amides is 1. The number of rotatable bonds is 6. The molecule has 1 aromatic heterocycles. The highest BCUT2D eigenvalue weighted by Crippen LogP contribution is 2.39. The highest BCUT2D eigenvalue weighted by molar-refractivity contribution is 6.33. The van der Waals surface area contributed by atoms with Crippen LogP contribution in [0.3, 0.4) is 0 Å². The quantitative estimate of drug-likeness (QED) is 0.314. The average Bonchev–Trinajstić information content (AvgIpc) is 3.32. The number of hydrogen-bond donors (Lipinski definition) is 0. The van der Waals surface area contributed by atoms with Crippen molar-refractivity contribution in [1.29, 1.82) is 0 Å². The summed E-state index contributed by atoms with van der Waals surface area (Å²) in [6, 6.07) is 16.8. The van der Waals surface area contributed by atoms with Gasteiger partial charge in [0.05, 0.1) is 28.3 Å². The third kappa shape index (κ3) is 4.46. The number of piperazine rings is 1. The number of ether oxygens (including phenoxy) is 1. The Morgan fingerprint density at radius 1 is 1.05 bits per heavy atom. The van der Waals surface area contributed by atoms with E-state index in [-0.39, 0.29) is 5.91 Å². The highest BCUT2D eigenvalue weighted by Gasteiger charge is 2.31. The molecule has 4 aromatic rings. The number of carbonyl (C=O) groups is 1. The lowest BCUT2D eigenvalue weighted by Crippen LogP contribution is -2.49. The lowest BCUT2D eigenvalue weighted by molar-refractivity contribution is -0.736. The standard InChI is InChI=1S/C27H26ClN4O5/c1-17-24(26(29-37-17)25-20-7-5-4-6-18(20)8-11-23(25)35-2)27(33)31-14-12-30(13-15-31)22-10-9-19(16-21(22)28)32(34)36-3/h4-11,16H,12-15H2,1-3H3/q+1. The Morgan fingerprint density at radius 2 is 1.81 bits per heavy atom. The van der Waals surface area contributed by atoms with Crippen LogP contribution in [0.25, 0.3) is 22.0 Å². The van der Waals surface area contributed by atoms with E-state index in [1.807, 2.05) is 36.4 Å². The molecule has 0 bridgehead atoms. The molecule has 0 N–H and O–H groups in total. The average molecular weight is 522 g/mol. The first kappa shape index (κ1) is 24.6. The summed E-state index contributed by atoms with van der Waals surface area (Å²) in [7, 11) is 2.90. The Bertz CT molecular complexity index is 1490. The van der Waals surface area contributed by atoms with Crippen LogP contribution in [-0.2, 0) is 4.84 Å². The lowest BCUT2D eigenvalue weighted by atomic mass is 9.97. The smallest absolute Gasteiger partial charge is 0.318 e. The van der Waals surface area contributed by atoms with Gasteiger partial charge in [-0.15, -0.1) is 0 Å². The number of carbonyl (C=O) groups excluding carboxylic acids is 1. The van der Waals surface area contributed by atoms with E-state index in [0.29, 0.717) is 64.6 Å². The van der Waals surface area contributed by atoms with Crippen molar-refractivity contribution in [2.45, 2.75) is 6.92 Å². The summed E-state index contributed by atoms with van der Waals surface area (Å²) >= 11 is 6.45. The van der Waals surface area contributed by atoms with Crippen LogP contribution in [0, 0.1) is 11.8 Å². The van der Waals surface area contributed by atoms with E-state index < -0.39 is 0 Å². The Morgan fingerprint density at radius 3 is 2.51 bits per heavy atom. The van der Waals surface area contributed by atoms with Gasteiger partial charge in [0.15, 0.2) is 7.11 Å². The molecular weight excluding hydrogens is 496 g/mol. The van der Waals surface area contributed by atoms with Crippen LogP contribution in [0.2, 0.25) is 5.02 Å². The molecule has 1 saturated heterocycles. The van der Waals surface area contributed by atoms with Gasteiger partial charge in [-0.3, -0.25) is 4.79 Å². The molecular formula is C27H26ClN4O5+. The molecule has 9 nitrogen and oxygen atoms in total. The molecule has 37 heavy (non-hydrogen) atoms. The summed E-state index contributed by atoms with van der Waals surface area (Å²) in [6.07, 6.45) is 0. The monoisotopic (exact) mass is 521 g/mol. The number of nitrogens with zero attached hydrogens (tertiary/aromatic N) is 4. The van der Waals surface area contributed by atoms with Gasteiger partial charge in [0.2, 0.25) is 0 Å². The number of anilines is 1. The summed E-state index contributed by atoms with van der Waals surface area (Å²) in [6.45, 7) is 3.87. The second kappa shape index (κ2) is 10.1. The van der Waals surface area contributed by atoms with Gasteiger partial charge in [-0.2, -0.15) is 0 Å². The highest BCUT2D eigenvalue weighted by atomic mass is 35.5. The Hall–Kier alpha value is -4.11. The van der Waals surface area contributed by atoms with E-state index >= 15 is 0 Å². The molecule has 0 atom stereocenters. The van der Waals surface area contributed by atoms with Crippen LogP contribution in [-0.4, -0.2) is 61.3 Å². The van der Waals surface area contributed by atoms with E-state index in [0.717, 1.165) is 22.0 Å². The maximum Gasteiger partial charge on any atom is 0.318 e. The molecule has 10 heteroatoms. The fourth-order valence-electron chi connectivity index (χ4n) is 4.74. The third-order valence-corrected chi connectivity index (χ3v) is 6.94. The number of hydrogen-bond acceptors (Lipinski definition) is 7. The van der Waals surface area contributed by atoms with E-state index in [2.05, 4.69) is 14.9 Å². The first-order valence-corrected chi connectivity index (χ1v) is 12.2. The maximum absolute atomic E-state index is 13.8. The summed E-state index contributed by atoms with van der Waals surface area (Å²) in [5.41, 5.74) is 2.74. The van der Waals surface area contributed by atoms with E-state index in [1.165, 1.54) is 7.11 Å². The van der Waals surface area contributed by atoms with Crippen LogP contribution < -0.4 is 9.64 Å². The Labute approximate surface area is 218 Å². The minimum Gasteiger partial charge on any atom is -0.496 e. The maximum atomic E-state index is 13.8. The minimum atomic E-state index is -0.146. The van der Waals surface area contributed by atoms with Crippen molar-refractivity contribution >= 4 is 39.7 Å². The topological polar surface area (TPSA) is 88.1 Å². The number of benzene rings is 3. The molecule has 5 rings (SSSR count). The van der Waals surface area contributed by atoms with Gasteiger partial charge >= 0.3 is 5.69 Å². The van der Waals surface area contributed by atoms with Crippen molar-refractivity contribution in [3.63, 3.8) is 0 Å². The van der Waals surface area contributed by atoms with Gasteiger partial charge in [0, 0.05) is 38.3 Å². The van der Waals surface area contributed by atoms with Gasteiger partial charge in [0.1, 0.15) is 22.8 Å². The summed E-state index contributed by atoms with van der Waals surface area (Å²) in [4.78, 5) is 34.4. The fraction of sp³-hybridized carbons (Fsp3) is 0.259. The van der Waals surface area contributed by atoms with Crippen LogP contribution in [0.5, 0.6) is 5.75 Å². The van der Waals surface area contributed by atoms with Crippen LogP contribution in [0.4, 0.5) is 11.4 Å². The van der Waals surface area contributed by atoms with Crippen LogP contribution >= 0.6 is 11.6 Å². The summed E-state index contributed by atoms with van der Waals surface area (Å²) < 4.78 is 11.2. The summed E-state index contributed by atoms with van der Waals surface area (Å²) in [5, 5.41) is 6.68. The molecule has 1 amide bonds. The zero-order valence-electron chi connectivity index (χ0n) is 20.7. The van der Waals surface area contributed by atoms with E-state index in [1.54, 1.807) is 37.1 Å². The minimum absolute atomic E-state index is 0.146. The lowest BCUT2D eigenvalue weighted by Gasteiger charge is -2.36. The van der Waals surface area contributed by atoms with Gasteiger partial charge in [-0.1, -0.05) is 47.1 Å². The van der Waals surface area contributed by atoms with Crippen molar-refractivity contribution < 1.29 is 23.8 Å². The molecule has 3 aromatic carbocycles. The van der Waals surface area contributed by atoms with Crippen molar-refractivity contribution in [3.05, 3.63) is 75.9 Å². The third-order valence-electron chi connectivity index (χ3n) is 6.64. The van der Waals surface area contributed by atoms with Crippen LogP contribution in [0.1, 0.15) is 16.1 Å². The molecule has 0 spiro atoms. The SMILES string of the molecule is COc1ccc2ccccc2c1-c1noc(C)c1C(=O)N1CCN(c2ccc([N+](=O)OC)cc2Cl)CC1. The second-order valence-electron chi connectivity index (χ2n) is 8.68. The number of halogens is 1. The van der Waals surface area contributed by atoms with E-state index in [9.17, 15) is 9.70 Å². The van der Waals surface area contributed by atoms with Crippen molar-refractivity contribution in [1.82, 2.24) is 10.1 Å². The molecule has 1 aliphatic rings. The Kier molecular flexibility index (Phi) is 6.71. The van der Waals surface area contributed by atoms with Crippen molar-refractivity contribution in [2.75, 3.05) is 45.3 Å². The molecule has 0 radical (unpaired) electrons. The first-order chi connectivity index (χ1) is 17.9. The number of aryl methyl sites for hydroxylation is 1. The van der Waals surface area contributed by atoms with Gasteiger partial charge < -0.3 is 19.1 Å². The first-order valence-electron chi connectivity index (χ1n) is 11.8. The second-order valence-corrected chi connectivity index (χ2v) is 9.09. The van der Waals surface area contributed by atoms with Gasteiger partial charge in [0.25, 0.3) is 10.8 Å². The molecule has 0 aliphatic carbocycles. The van der Waals surface area contributed by atoms with Crippen molar-refractivity contribution in [2.24, 2.45) is 0 Å². The zero-order valence-corrected chi connectivity index (χ0v) is 21.5. The number of aromatic nitrogens is 1. The molecule has 2 heterocycles. The predicted octanol–water partition coefficient (Wildman–Crippen LogP) is 5.40. The van der Waals surface area contributed by atoms with Crippen molar-refractivity contribution in [3.8, 4) is 17.0 Å². The number of methoxy groups -OCH3 is 1.